The maximum absolute atomic E-state index is 11.8. The second kappa shape index (κ2) is 8.89. The van der Waals surface area contributed by atoms with Crippen LogP contribution in [-0.4, -0.2) is 37.0 Å². The third-order valence-corrected chi connectivity index (χ3v) is 3.12. The third-order valence-electron chi connectivity index (χ3n) is 3.12. The van der Waals surface area contributed by atoms with E-state index in [-0.39, 0.29) is 24.3 Å². The molecule has 0 fully saturated rings. The van der Waals surface area contributed by atoms with Crippen LogP contribution in [0.1, 0.15) is 31.1 Å². The Morgan fingerprint density at radius 1 is 1.17 bits per heavy atom. The quantitative estimate of drug-likeness (QED) is 0.646. The average Bonchev–Trinajstić information content (AvgIpc) is 2.52. The zero-order chi connectivity index (χ0) is 17.4. The highest BCUT2D eigenvalue weighted by atomic mass is 16.5. The molecule has 0 spiro atoms. The van der Waals surface area contributed by atoms with Crippen molar-refractivity contribution in [1.29, 1.82) is 0 Å². The summed E-state index contributed by atoms with van der Waals surface area (Å²) in [5.74, 6) is -1.17. The van der Waals surface area contributed by atoms with Crippen LogP contribution in [0.3, 0.4) is 0 Å². The Hall–Kier alpha value is -2.41. The van der Waals surface area contributed by atoms with Gasteiger partial charge in [0.25, 0.3) is 0 Å². The van der Waals surface area contributed by atoms with E-state index in [1.165, 1.54) is 0 Å². The van der Waals surface area contributed by atoms with Crippen molar-refractivity contribution in [3.05, 3.63) is 29.8 Å². The summed E-state index contributed by atoms with van der Waals surface area (Å²) in [5, 5.41) is 5.10. The molecular formula is C16H23N3O4. The van der Waals surface area contributed by atoms with Gasteiger partial charge in [-0.15, -0.1) is 0 Å². The van der Waals surface area contributed by atoms with Gasteiger partial charge in [-0.05, 0) is 37.1 Å². The number of carbonyl (C=O) groups excluding carboxylic acids is 3. The van der Waals surface area contributed by atoms with Crippen LogP contribution < -0.4 is 16.4 Å². The molecule has 0 aliphatic heterocycles. The van der Waals surface area contributed by atoms with Crippen molar-refractivity contribution in [2.45, 2.75) is 26.8 Å². The lowest BCUT2D eigenvalue weighted by molar-refractivity contribution is -0.125. The lowest BCUT2D eigenvalue weighted by Crippen LogP contribution is -2.46. The number of nitrogens with one attached hydrogen (secondary N) is 2. The highest BCUT2D eigenvalue weighted by Crippen LogP contribution is 2.10. The monoisotopic (exact) mass is 321 g/mol. The van der Waals surface area contributed by atoms with Gasteiger partial charge in [0.05, 0.1) is 24.8 Å². The van der Waals surface area contributed by atoms with Gasteiger partial charge < -0.3 is 21.1 Å². The number of carbonyl (C=O) groups is 3. The molecule has 0 radical (unpaired) electrons. The molecule has 1 aromatic carbocycles. The van der Waals surface area contributed by atoms with Crippen LogP contribution in [0, 0.1) is 5.92 Å². The molecule has 7 nitrogen and oxygen atoms in total. The van der Waals surface area contributed by atoms with Gasteiger partial charge in [-0.1, -0.05) is 13.8 Å². The Morgan fingerprint density at radius 3 is 2.30 bits per heavy atom. The predicted octanol–water partition coefficient (Wildman–Crippen LogP) is 0.901. The van der Waals surface area contributed by atoms with E-state index in [0.717, 1.165) is 0 Å². The summed E-state index contributed by atoms with van der Waals surface area (Å²) >= 11 is 0. The average molecular weight is 321 g/mol. The Labute approximate surface area is 135 Å². The number of nitrogens with two attached hydrogens (primary N) is 1. The zero-order valence-corrected chi connectivity index (χ0v) is 13.6. The molecule has 0 aliphatic rings. The van der Waals surface area contributed by atoms with Gasteiger partial charge in [0, 0.05) is 5.69 Å². The molecule has 0 aromatic heterocycles. The number of hydrogen-bond donors (Lipinski definition) is 3. The van der Waals surface area contributed by atoms with Gasteiger partial charge in [-0.25, -0.2) is 4.79 Å². The van der Waals surface area contributed by atoms with Crippen LogP contribution in [0.5, 0.6) is 0 Å². The second-order valence-corrected chi connectivity index (χ2v) is 5.33. The van der Waals surface area contributed by atoms with E-state index in [4.69, 9.17) is 10.5 Å². The summed E-state index contributed by atoms with van der Waals surface area (Å²) in [6.07, 6.45) is 0. The first-order valence-corrected chi connectivity index (χ1v) is 7.45. The van der Waals surface area contributed by atoms with E-state index in [1.54, 1.807) is 31.2 Å². The molecule has 0 aliphatic carbocycles. The number of anilines is 1. The first kappa shape index (κ1) is 18.6. The molecule has 1 atom stereocenters. The van der Waals surface area contributed by atoms with E-state index < -0.39 is 12.0 Å². The molecule has 0 unspecified atom stereocenters. The molecule has 2 amide bonds. The highest BCUT2D eigenvalue weighted by Gasteiger charge is 2.17. The molecule has 7 heteroatoms. The SMILES string of the molecule is CCOC(=O)c1ccc(NC(=O)CNC(=O)[C@@H](N)C(C)C)cc1. The van der Waals surface area contributed by atoms with Gasteiger partial charge in [0.15, 0.2) is 0 Å². The minimum absolute atomic E-state index is 0.00603. The first-order valence-electron chi connectivity index (χ1n) is 7.45. The van der Waals surface area contributed by atoms with Crippen molar-refractivity contribution in [3.63, 3.8) is 0 Å². The van der Waals surface area contributed by atoms with Crippen LogP contribution in [0.4, 0.5) is 5.69 Å². The number of amides is 2. The van der Waals surface area contributed by atoms with Crippen LogP contribution >= 0.6 is 0 Å². The Kier molecular flexibility index (Phi) is 7.21. The van der Waals surface area contributed by atoms with Crippen molar-refractivity contribution in [2.24, 2.45) is 11.7 Å². The molecule has 23 heavy (non-hydrogen) atoms. The van der Waals surface area contributed by atoms with Crippen molar-refractivity contribution < 1.29 is 19.1 Å². The van der Waals surface area contributed by atoms with Crippen LogP contribution in [0.2, 0.25) is 0 Å². The minimum atomic E-state index is -0.647. The Balaban J connectivity index is 2.48. The summed E-state index contributed by atoms with van der Waals surface area (Å²) < 4.78 is 4.87. The summed E-state index contributed by atoms with van der Waals surface area (Å²) in [6, 6.07) is 5.64. The summed E-state index contributed by atoms with van der Waals surface area (Å²) in [7, 11) is 0. The molecule has 0 heterocycles. The van der Waals surface area contributed by atoms with E-state index in [2.05, 4.69) is 10.6 Å². The number of benzene rings is 1. The molecule has 126 valence electrons. The van der Waals surface area contributed by atoms with Gasteiger partial charge in [-0.3, -0.25) is 9.59 Å². The molecule has 0 bridgehead atoms. The lowest BCUT2D eigenvalue weighted by Gasteiger charge is -2.15. The Bertz CT molecular complexity index is 555. The van der Waals surface area contributed by atoms with Crippen LogP contribution in [-0.2, 0) is 14.3 Å². The van der Waals surface area contributed by atoms with Crippen molar-refractivity contribution in [1.82, 2.24) is 5.32 Å². The normalized spacial score (nSPS) is 11.7. The lowest BCUT2D eigenvalue weighted by atomic mass is 10.1. The highest BCUT2D eigenvalue weighted by molar-refractivity contribution is 5.96. The number of rotatable bonds is 7. The number of hydrogen-bond acceptors (Lipinski definition) is 5. The maximum atomic E-state index is 11.8. The standard InChI is InChI=1S/C16H23N3O4/c1-4-23-16(22)11-5-7-12(8-6-11)19-13(20)9-18-15(21)14(17)10(2)3/h5-8,10,14H,4,9,17H2,1-3H3,(H,18,21)(H,19,20)/t14-/m0/s1. The van der Waals surface area contributed by atoms with Gasteiger partial charge in [-0.2, -0.15) is 0 Å². The Morgan fingerprint density at radius 2 is 1.78 bits per heavy atom. The van der Waals surface area contributed by atoms with Crippen molar-refractivity contribution in [2.75, 3.05) is 18.5 Å². The van der Waals surface area contributed by atoms with Gasteiger partial charge in [0.2, 0.25) is 11.8 Å². The smallest absolute Gasteiger partial charge is 0.338 e. The van der Waals surface area contributed by atoms with Crippen molar-refractivity contribution >= 4 is 23.5 Å². The predicted molar refractivity (Wildman–Crippen MR) is 86.9 cm³/mol. The first-order chi connectivity index (χ1) is 10.8. The largest absolute Gasteiger partial charge is 0.462 e. The number of esters is 1. The van der Waals surface area contributed by atoms with Crippen LogP contribution in [0.25, 0.3) is 0 Å². The topological polar surface area (TPSA) is 111 Å². The number of ether oxygens (including phenoxy) is 1. The van der Waals surface area contributed by atoms with Crippen molar-refractivity contribution in [3.8, 4) is 0 Å². The fourth-order valence-corrected chi connectivity index (χ4v) is 1.70. The summed E-state index contributed by atoms with van der Waals surface area (Å²) in [6.45, 7) is 5.52. The summed E-state index contributed by atoms with van der Waals surface area (Å²) in [4.78, 5) is 34.9. The fraction of sp³-hybridized carbons (Fsp3) is 0.438. The van der Waals surface area contributed by atoms with E-state index in [1.807, 2.05) is 13.8 Å². The van der Waals surface area contributed by atoms with Gasteiger partial charge >= 0.3 is 5.97 Å². The zero-order valence-electron chi connectivity index (χ0n) is 13.6. The molecule has 4 N–H and O–H groups in total. The summed E-state index contributed by atoms with van der Waals surface area (Å²) in [5.41, 5.74) is 6.60. The fourth-order valence-electron chi connectivity index (χ4n) is 1.70. The van der Waals surface area contributed by atoms with E-state index in [0.29, 0.717) is 17.9 Å². The van der Waals surface area contributed by atoms with E-state index in [9.17, 15) is 14.4 Å². The maximum Gasteiger partial charge on any atom is 0.338 e. The molecule has 1 rings (SSSR count). The minimum Gasteiger partial charge on any atom is -0.462 e. The van der Waals surface area contributed by atoms with E-state index >= 15 is 0 Å². The van der Waals surface area contributed by atoms with Crippen LogP contribution in [0.15, 0.2) is 24.3 Å². The molecule has 1 aromatic rings. The molecular weight excluding hydrogens is 298 g/mol. The molecule has 0 saturated carbocycles. The van der Waals surface area contributed by atoms with Gasteiger partial charge in [0.1, 0.15) is 0 Å². The molecule has 0 saturated heterocycles. The third kappa shape index (κ3) is 6.07. The second-order valence-electron chi connectivity index (χ2n) is 5.33.